The van der Waals surface area contributed by atoms with Gasteiger partial charge in [0.25, 0.3) is 0 Å². The molecule has 18 rings (SSSR count). The molecule has 90 heavy (non-hydrogen) atoms. The monoisotopic (exact) mass is 1150 g/mol. The Morgan fingerprint density at radius 1 is 0.167 bits per heavy atom. The molecule has 0 atom stereocenters. The van der Waals surface area contributed by atoms with Crippen LogP contribution in [-0.2, 0) is 0 Å². The third-order valence-electron chi connectivity index (χ3n) is 17.9. The zero-order chi connectivity index (χ0) is 59.2. The number of nitrogens with zero attached hydrogens (tertiary/aromatic N) is 2. The van der Waals surface area contributed by atoms with Gasteiger partial charge >= 0.3 is 0 Å². The van der Waals surface area contributed by atoms with Crippen molar-refractivity contribution < 1.29 is 17.7 Å². The maximum Gasteiger partial charge on any atom is 0.143 e. The Labute approximate surface area is 517 Å². The largest absolute Gasteiger partial charge is 0.456 e. The number of benzene rings is 14. The minimum atomic E-state index is 0.886. The minimum Gasteiger partial charge on any atom is -0.456 e. The molecule has 0 amide bonds. The number of hydrogen-bond acceptors (Lipinski definition) is 6. The number of anilines is 6. The first-order valence-corrected chi connectivity index (χ1v) is 30.4. The average Bonchev–Trinajstić information content (AvgIpc) is 2.33. The van der Waals surface area contributed by atoms with Gasteiger partial charge in [-0.25, -0.2) is 0 Å². The highest BCUT2D eigenvalue weighted by Gasteiger charge is 2.20. The van der Waals surface area contributed by atoms with Gasteiger partial charge in [0.1, 0.15) is 44.7 Å². The summed E-state index contributed by atoms with van der Waals surface area (Å²) in [6.45, 7) is 0. The average molecular weight is 1150 g/mol. The summed E-state index contributed by atoms with van der Waals surface area (Å²) < 4.78 is 25.4. The molecule has 0 N–H and O–H groups in total. The second-order valence-corrected chi connectivity index (χ2v) is 23.1. The van der Waals surface area contributed by atoms with Crippen LogP contribution in [0.5, 0.6) is 0 Å². The molecule has 0 saturated carbocycles. The predicted molar refractivity (Wildman–Crippen MR) is 372 cm³/mol. The quantitative estimate of drug-likeness (QED) is 0.129. The molecule has 4 aromatic heterocycles. The molecule has 0 aliphatic carbocycles. The first-order valence-electron chi connectivity index (χ1n) is 30.4. The van der Waals surface area contributed by atoms with Gasteiger partial charge in [0, 0.05) is 88.3 Å². The van der Waals surface area contributed by atoms with Gasteiger partial charge in [0.2, 0.25) is 0 Å². The highest BCUT2D eigenvalue weighted by Crippen LogP contribution is 2.44. The van der Waals surface area contributed by atoms with E-state index in [9.17, 15) is 0 Å². The van der Waals surface area contributed by atoms with Crippen molar-refractivity contribution in [1.29, 1.82) is 0 Å². The van der Waals surface area contributed by atoms with Gasteiger partial charge in [-0.05, 0) is 166 Å². The molecule has 0 aliphatic heterocycles. The zero-order valence-corrected chi connectivity index (χ0v) is 48.5. The van der Waals surface area contributed by atoms with E-state index >= 15 is 0 Å². The van der Waals surface area contributed by atoms with Gasteiger partial charge in [-0.1, -0.05) is 194 Å². The lowest BCUT2D eigenvalue weighted by Gasteiger charge is -2.27. The number of hydrogen-bond donors (Lipinski definition) is 0. The van der Waals surface area contributed by atoms with Gasteiger partial charge in [-0.2, -0.15) is 0 Å². The van der Waals surface area contributed by atoms with Crippen molar-refractivity contribution in [2.24, 2.45) is 0 Å². The van der Waals surface area contributed by atoms with Gasteiger partial charge < -0.3 is 27.5 Å². The summed E-state index contributed by atoms with van der Waals surface area (Å²) in [5.74, 6) is 0. The van der Waals surface area contributed by atoms with Gasteiger partial charge in [0.15, 0.2) is 0 Å². The molecule has 0 fully saturated rings. The van der Waals surface area contributed by atoms with E-state index in [2.05, 4.69) is 277 Å². The van der Waals surface area contributed by atoms with Crippen molar-refractivity contribution in [2.75, 3.05) is 9.80 Å². The van der Waals surface area contributed by atoms with E-state index < -0.39 is 0 Å². The Morgan fingerprint density at radius 2 is 0.411 bits per heavy atom. The van der Waals surface area contributed by atoms with Crippen LogP contribution in [-0.4, -0.2) is 0 Å². The van der Waals surface area contributed by atoms with E-state index in [-0.39, 0.29) is 0 Å². The van der Waals surface area contributed by atoms with Crippen LogP contribution >= 0.6 is 0 Å². The summed E-state index contributed by atoms with van der Waals surface area (Å²) in [5.41, 5.74) is 24.4. The van der Waals surface area contributed by atoms with Crippen molar-refractivity contribution in [3.05, 3.63) is 315 Å². The molecule has 0 radical (unpaired) electrons. The molecular formula is C84H52N2O4. The summed E-state index contributed by atoms with van der Waals surface area (Å²) in [4.78, 5) is 4.66. The Kier molecular flexibility index (Phi) is 11.8. The van der Waals surface area contributed by atoms with Crippen LogP contribution in [0.1, 0.15) is 0 Å². The maximum absolute atomic E-state index is 6.50. The third-order valence-corrected chi connectivity index (χ3v) is 17.9. The normalized spacial score (nSPS) is 11.8. The summed E-state index contributed by atoms with van der Waals surface area (Å²) in [6, 6.07) is 112. The van der Waals surface area contributed by atoms with E-state index in [0.717, 1.165) is 178 Å². The minimum absolute atomic E-state index is 0.886. The van der Waals surface area contributed by atoms with Crippen LogP contribution < -0.4 is 9.80 Å². The topological polar surface area (TPSA) is 59.0 Å². The predicted octanol–water partition coefficient (Wildman–Crippen LogP) is 24.6. The number of furan rings is 4. The summed E-state index contributed by atoms with van der Waals surface area (Å²) in [5, 5.41) is 8.91. The lowest BCUT2D eigenvalue weighted by molar-refractivity contribution is 0.668. The van der Waals surface area contributed by atoms with Crippen LogP contribution in [0, 0.1) is 0 Å². The molecule has 6 nitrogen and oxygen atoms in total. The van der Waals surface area contributed by atoms with E-state index in [4.69, 9.17) is 17.7 Å². The van der Waals surface area contributed by atoms with Crippen molar-refractivity contribution in [3.8, 4) is 55.6 Å². The van der Waals surface area contributed by atoms with Gasteiger partial charge in [0.05, 0.1) is 0 Å². The molecule has 6 heteroatoms. The van der Waals surface area contributed by atoms with Crippen LogP contribution in [0.25, 0.3) is 143 Å². The van der Waals surface area contributed by atoms with E-state index in [1.54, 1.807) is 0 Å². The van der Waals surface area contributed by atoms with Crippen LogP contribution in [0.4, 0.5) is 34.1 Å². The molecule has 0 aliphatic rings. The van der Waals surface area contributed by atoms with E-state index in [1.165, 1.54) is 0 Å². The fourth-order valence-electron chi connectivity index (χ4n) is 13.4. The SMILES string of the molecule is c1ccc2c(c1)oc1ccc(-c3ccc(N(c4ccc(-c5ccc(N(c6ccc(-c7ccc8oc9ccccc9c8c7)cc6)c6ccc(-c7cccc8c7oc7ccccc78)cc6)cc5)cc4)c4ccc(-c5cccc6c5oc5ccccc56)cc4)cc3)cc12. The Morgan fingerprint density at radius 3 is 0.744 bits per heavy atom. The fraction of sp³-hybridized carbons (Fsp3) is 0. The standard InChI is InChI=1S/C84H52N2O4/c1-7-21-79-69(11-1)73-17-9-15-67(83(73)89-79)57-31-45-65(46-32-57)85(63-41-27-55(28-42-63)59-35-49-81-75(51-59)71-13-3-5-19-77(71)87-81)61-37-23-53(24-38-61)54-25-39-62(40-26-54)86(64-43-29-56(30-44-64)60-36-50-82-76(52-60)72-14-4-6-20-78(72)88-82)66-47-33-58(34-48-66)68-16-10-18-74-70-12-2-8-22-80(70)90-84(68)74/h1-52H. The molecule has 4 heterocycles. The Hall–Kier alpha value is -12.1. The summed E-state index contributed by atoms with van der Waals surface area (Å²) in [7, 11) is 0. The van der Waals surface area contributed by atoms with Crippen molar-refractivity contribution in [3.63, 3.8) is 0 Å². The molecule has 0 bridgehead atoms. The maximum atomic E-state index is 6.50. The van der Waals surface area contributed by atoms with E-state index in [0.29, 0.717) is 0 Å². The lowest BCUT2D eigenvalue weighted by atomic mass is 10.0. The molecule has 14 aromatic carbocycles. The summed E-state index contributed by atoms with van der Waals surface area (Å²) >= 11 is 0. The first-order chi connectivity index (χ1) is 44.6. The number of para-hydroxylation sites is 6. The Bertz CT molecular complexity index is 5390. The highest BCUT2D eigenvalue weighted by atomic mass is 16.3. The lowest BCUT2D eigenvalue weighted by Crippen LogP contribution is -2.10. The van der Waals surface area contributed by atoms with Crippen LogP contribution in [0.2, 0.25) is 0 Å². The number of fused-ring (bicyclic) bond motifs is 12. The zero-order valence-electron chi connectivity index (χ0n) is 48.5. The molecule has 0 unspecified atom stereocenters. The van der Waals surface area contributed by atoms with Crippen molar-refractivity contribution in [1.82, 2.24) is 0 Å². The van der Waals surface area contributed by atoms with E-state index in [1.807, 2.05) is 48.5 Å². The Balaban J connectivity index is 0.686. The smallest absolute Gasteiger partial charge is 0.143 e. The van der Waals surface area contributed by atoms with Gasteiger partial charge in [-0.3, -0.25) is 0 Å². The van der Waals surface area contributed by atoms with Gasteiger partial charge in [-0.15, -0.1) is 0 Å². The molecule has 422 valence electrons. The fourth-order valence-corrected chi connectivity index (χ4v) is 13.4. The van der Waals surface area contributed by atoms with Crippen LogP contribution in [0.15, 0.2) is 333 Å². The number of rotatable bonds is 11. The molecule has 0 spiro atoms. The molecular weight excluding hydrogens is 1100 g/mol. The van der Waals surface area contributed by atoms with Crippen molar-refractivity contribution >= 4 is 122 Å². The second-order valence-electron chi connectivity index (χ2n) is 23.1. The van der Waals surface area contributed by atoms with Crippen LogP contribution in [0.3, 0.4) is 0 Å². The second kappa shape index (κ2) is 20.8. The van der Waals surface area contributed by atoms with Crippen molar-refractivity contribution in [2.45, 2.75) is 0 Å². The first kappa shape index (κ1) is 51.1. The summed E-state index contributed by atoms with van der Waals surface area (Å²) in [6.07, 6.45) is 0. The third kappa shape index (κ3) is 8.64. The highest BCUT2D eigenvalue weighted by molar-refractivity contribution is 6.12. The molecule has 18 aromatic rings. The molecule has 0 saturated heterocycles.